The molecule has 2 heterocycles. The molecule has 0 atom stereocenters. The van der Waals surface area contributed by atoms with Crippen molar-refractivity contribution in [2.24, 2.45) is 0 Å². The van der Waals surface area contributed by atoms with Gasteiger partial charge in [0.15, 0.2) is 0 Å². The summed E-state index contributed by atoms with van der Waals surface area (Å²) >= 11 is 0. The number of aromatic nitrogens is 1. The maximum absolute atomic E-state index is 12.0. The zero-order chi connectivity index (χ0) is 14.1. The van der Waals surface area contributed by atoms with Crippen molar-refractivity contribution in [1.82, 2.24) is 9.88 Å². The largest absolute Gasteiger partial charge is 0.494 e. The number of rotatable bonds is 4. The molecule has 1 aromatic carbocycles. The van der Waals surface area contributed by atoms with Crippen LogP contribution in [0.4, 0.5) is 0 Å². The molecule has 1 aliphatic rings. The molecule has 5 nitrogen and oxygen atoms in total. The summed E-state index contributed by atoms with van der Waals surface area (Å²) in [6, 6.07) is 7.55. The van der Waals surface area contributed by atoms with E-state index >= 15 is 0 Å². The first kappa shape index (κ1) is 13.1. The number of likely N-dealkylation sites (tertiary alicyclic amines) is 1. The highest BCUT2D eigenvalue weighted by molar-refractivity contribution is 5.80. The first-order valence-electron chi connectivity index (χ1n) is 6.85. The summed E-state index contributed by atoms with van der Waals surface area (Å²) < 4.78 is 5.48. The zero-order valence-corrected chi connectivity index (χ0v) is 11.4. The highest BCUT2D eigenvalue weighted by Gasteiger charge is 2.24. The molecule has 0 saturated carbocycles. The van der Waals surface area contributed by atoms with Crippen LogP contribution in [0.5, 0.6) is 5.75 Å². The summed E-state index contributed by atoms with van der Waals surface area (Å²) in [5.41, 5.74) is 1.46. The van der Waals surface area contributed by atoms with E-state index in [1.807, 2.05) is 36.1 Å². The summed E-state index contributed by atoms with van der Waals surface area (Å²) in [5.74, 6) is 0.803. The van der Waals surface area contributed by atoms with Crippen molar-refractivity contribution in [2.45, 2.75) is 19.6 Å². The van der Waals surface area contributed by atoms with Gasteiger partial charge in [-0.3, -0.25) is 9.69 Å². The van der Waals surface area contributed by atoms with E-state index in [-0.39, 0.29) is 11.7 Å². The zero-order valence-electron chi connectivity index (χ0n) is 11.4. The fraction of sp³-hybridized carbons (Fsp3) is 0.400. The van der Waals surface area contributed by atoms with E-state index < -0.39 is 0 Å². The second-order valence-electron chi connectivity index (χ2n) is 5.15. The van der Waals surface area contributed by atoms with Crippen LogP contribution in [0.3, 0.4) is 0 Å². The van der Waals surface area contributed by atoms with Crippen LogP contribution in [-0.2, 0) is 6.54 Å². The Bertz CT molecular complexity index is 674. The van der Waals surface area contributed by atoms with Crippen LogP contribution in [-0.4, -0.2) is 40.8 Å². The number of aromatic amines is 1. The molecule has 1 fully saturated rings. The summed E-state index contributed by atoms with van der Waals surface area (Å²) in [6.07, 6.45) is -0.251. The van der Waals surface area contributed by atoms with E-state index in [1.165, 1.54) is 0 Å². The maximum atomic E-state index is 12.0. The molecule has 0 radical (unpaired) electrons. The number of H-pyrrole nitrogens is 1. The lowest BCUT2D eigenvalue weighted by molar-refractivity contribution is -0.00306. The van der Waals surface area contributed by atoms with Gasteiger partial charge >= 0.3 is 0 Å². The van der Waals surface area contributed by atoms with Crippen LogP contribution in [0, 0.1) is 0 Å². The summed E-state index contributed by atoms with van der Waals surface area (Å²) in [4.78, 5) is 17.0. The Kier molecular flexibility index (Phi) is 3.46. The number of pyridine rings is 1. The number of nitrogens with one attached hydrogen (secondary N) is 1. The molecule has 1 aromatic heterocycles. The van der Waals surface area contributed by atoms with Gasteiger partial charge in [-0.2, -0.15) is 0 Å². The molecule has 1 saturated heterocycles. The normalized spacial score (nSPS) is 16.3. The van der Waals surface area contributed by atoms with Crippen molar-refractivity contribution in [1.29, 1.82) is 0 Å². The average Bonchev–Trinajstić information content (AvgIpc) is 2.38. The van der Waals surface area contributed by atoms with Gasteiger partial charge in [-0.05, 0) is 31.2 Å². The van der Waals surface area contributed by atoms with E-state index in [2.05, 4.69) is 4.98 Å². The monoisotopic (exact) mass is 274 g/mol. The van der Waals surface area contributed by atoms with Gasteiger partial charge in [-0.25, -0.2) is 0 Å². The molecule has 2 aromatic rings. The molecule has 106 valence electrons. The topological polar surface area (TPSA) is 65.6 Å². The number of ether oxygens (including phenoxy) is 1. The van der Waals surface area contributed by atoms with Crippen molar-refractivity contribution < 1.29 is 9.84 Å². The van der Waals surface area contributed by atoms with Gasteiger partial charge in [0.05, 0.1) is 12.7 Å². The lowest BCUT2D eigenvalue weighted by Gasteiger charge is -2.35. The van der Waals surface area contributed by atoms with Crippen molar-refractivity contribution in [3.8, 4) is 5.75 Å². The minimum absolute atomic E-state index is 0.0666. The molecule has 0 bridgehead atoms. The molecule has 2 N–H and O–H groups in total. The summed E-state index contributed by atoms with van der Waals surface area (Å²) in [5, 5.41) is 10.3. The third kappa shape index (κ3) is 2.55. The molecule has 0 aliphatic carbocycles. The molecular formula is C15H18N2O3. The molecule has 20 heavy (non-hydrogen) atoms. The lowest BCUT2D eigenvalue weighted by atomic mass is 10.1. The summed E-state index contributed by atoms with van der Waals surface area (Å²) in [6.45, 7) is 4.40. The Balaban J connectivity index is 1.91. The van der Waals surface area contributed by atoms with Gasteiger partial charge in [-0.1, -0.05) is 0 Å². The minimum Gasteiger partial charge on any atom is -0.494 e. The molecule has 5 heteroatoms. The standard InChI is InChI=1S/C15H18N2O3/c1-2-20-13-3-4-14-10(6-13)5-11(15(19)16-14)7-17-8-12(18)9-17/h3-6,12,18H,2,7-9H2,1H3,(H,16,19). The fourth-order valence-corrected chi connectivity index (χ4v) is 2.52. The van der Waals surface area contributed by atoms with Crippen molar-refractivity contribution >= 4 is 10.9 Å². The number of β-amino-alcohol motifs (C(OH)–C–C–N with tert-alkyl or cyclic N) is 1. The molecule has 1 aliphatic heterocycles. The van der Waals surface area contributed by atoms with E-state index in [0.717, 1.165) is 22.2 Å². The first-order valence-corrected chi connectivity index (χ1v) is 6.85. The van der Waals surface area contributed by atoms with E-state index in [4.69, 9.17) is 4.74 Å². The van der Waals surface area contributed by atoms with Crippen molar-refractivity contribution in [3.05, 3.63) is 40.2 Å². The second kappa shape index (κ2) is 5.26. The Hall–Kier alpha value is -1.85. The third-order valence-electron chi connectivity index (χ3n) is 3.54. The average molecular weight is 274 g/mol. The van der Waals surface area contributed by atoms with Gasteiger partial charge < -0.3 is 14.8 Å². The van der Waals surface area contributed by atoms with Crippen LogP contribution in [0.25, 0.3) is 10.9 Å². The SMILES string of the molecule is CCOc1ccc2[nH]c(=O)c(CN3CC(O)C3)cc2c1. The third-order valence-corrected chi connectivity index (χ3v) is 3.54. The Labute approximate surface area is 116 Å². The number of hydrogen-bond acceptors (Lipinski definition) is 4. The smallest absolute Gasteiger partial charge is 0.252 e. The lowest BCUT2D eigenvalue weighted by Crippen LogP contribution is -2.50. The summed E-state index contributed by atoms with van der Waals surface area (Å²) in [7, 11) is 0. The van der Waals surface area contributed by atoms with Crippen LogP contribution in [0.1, 0.15) is 12.5 Å². The van der Waals surface area contributed by atoms with E-state index in [9.17, 15) is 9.90 Å². The Morgan fingerprint density at radius 3 is 2.90 bits per heavy atom. The highest BCUT2D eigenvalue weighted by Crippen LogP contribution is 2.20. The number of fused-ring (bicyclic) bond motifs is 1. The van der Waals surface area contributed by atoms with Gasteiger partial charge in [0.2, 0.25) is 0 Å². The number of hydrogen-bond donors (Lipinski definition) is 2. The molecule has 0 unspecified atom stereocenters. The van der Waals surface area contributed by atoms with Gasteiger partial charge in [0, 0.05) is 36.1 Å². The van der Waals surface area contributed by atoms with Crippen LogP contribution >= 0.6 is 0 Å². The van der Waals surface area contributed by atoms with Crippen molar-refractivity contribution in [2.75, 3.05) is 19.7 Å². The first-order chi connectivity index (χ1) is 9.65. The number of aliphatic hydroxyl groups excluding tert-OH is 1. The number of aliphatic hydroxyl groups is 1. The maximum Gasteiger partial charge on any atom is 0.252 e. The van der Waals surface area contributed by atoms with Crippen molar-refractivity contribution in [3.63, 3.8) is 0 Å². The fourth-order valence-electron chi connectivity index (χ4n) is 2.52. The molecule has 3 rings (SSSR count). The second-order valence-corrected chi connectivity index (χ2v) is 5.15. The Morgan fingerprint density at radius 1 is 1.40 bits per heavy atom. The predicted octanol–water partition coefficient (Wildman–Crippen LogP) is 1.10. The molecule has 0 amide bonds. The van der Waals surface area contributed by atoms with E-state index in [0.29, 0.717) is 26.2 Å². The molecular weight excluding hydrogens is 256 g/mol. The van der Waals surface area contributed by atoms with Crippen LogP contribution in [0.15, 0.2) is 29.1 Å². The van der Waals surface area contributed by atoms with Gasteiger partial charge in [-0.15, -0.1) is 0 Å². The van der Waals surface area contributed by atoms with Crippen LogP contribution < -0.4 is 10.3 Å². The molecule has 0 spiro atoms. The quantitative estimate of drug-likeness (QED) is 0.876. The van der Waals surface area contributed by atoms with E-state index in [1.54, 1.807) is 0 Å². The predicted molar refractivity (Wildman–Crippen MR) is 77.0 cm³/mol. The van der Waals surface area contributed by atoms with Gasteiger partial charge in [0.25, 0.3) is 5.56 Å². The Morgan fingerprint density at radius 2 is 2.20 bits per heavy atom. The number of nitrogens with zero attached hydrogens (tertiary/aromatic N) is 1. The number of benzene rings is 1. The highest BCUT2D eigenvalue weighted by atomic mass is 16.5. The minimum atomic E-state index is -0.251. The van der Waals surface area contributed by atoms with Crippen LogP contribution in [0.2, 0.25) is 0 Å². The van der Waals surface area contributed by atoms with Gasteiger partial charge in [0.1, 0.15) is 5.75 Å².